The number of hydrogen-bond acceptors (Lipinski definition) is 4. The molecule has 1 heterocycles. The van der Waals surface area contributed by atoms with Gasteiger partial charge in [-0.2, -0.15) is 4.31 Å². The first-order valence-corrected chi connectivity index (χ1v) is 8.90. The average Bonchev–Trinajstić information content (AvgIpc) is 2.49. The standard InChI is InChI=1S/C17H21N3O3S/c1-12-7-8-18-16(9-12)19-17(21)11-20(4)24(22,23)15-6-5-13(2)14(3)10-15/h5-10H,11H2,1-4H3,(H,18,19,21). The van der Waals surface area contributed by atoms with Crippen molar-refractivity contribution < 1.29 is 13.2 Å². The van der Waals surface area contributed by atoms with E-state index in [-0.39, 0.29) is 11.4 Å². The zero-order valence-corrected chi connectivity index (χ0v) is 15.0. The fraction of sp³-hybridized carbons (Fsp3) is 0.294. The number of carbonyl (C=O) groups excluding carboxylic acids is 1. The number of carbonyl (C=O) groups is 1. The van der Waals surface area contributed by atoms with Gasteiger partial charge in [0.1, 0.15) is 5.82 Å². The first kappa shape index (κ1) is 18.1. The summed E-state index contributed by atoms with van der Waals surface area (Å²) >= 11 is 0. The summed E-state index contributed by atoms with van der Waals surface area (Å²) < 4.78 is 26.2. The predicted molar refractivity (Wildman–Crippen MR) is 93.3 cm³/mol. The van der Waals surface area contributed by atoms with E-state index in [9.17, 15) is 13.2 Å². The maximum atomic E-state index is 12.6. The minimum atomic E-state index is -3.72. The normalized spacial score (nSPS) is 11.5. The summed E-state index contributed by atoms with van der Waals surface area (Å²) in [6.07, 6.45) is 1.58. The Morgan fingerprint density at radius 1 is 1.12 bits per heavy atom. The number of hydrogen-bond donors (Lipinski definition) is 1. The second-order valence-corrected chi connectivity index (χ2v) is 7.82. The minimum absolute atomic E-state index is 0.176. The highest BCUT2D eigenvalue weighted by Gasteiger charge is 2.23. The molecule has 0 saturated carbocycles. The largest absolute Gasteiger partial charge is 0.310 e. The van der Waals surface area contributed by atoms with E-state index in [1.807, 2.05) is 26.8 Å². The van der Waals surface area contributed by atoms with Gasteiger partial charge in [-0.1, -0.05) is 6.07 Å². The Labute approximate surface area is 142 Å². The molecule has 2 rings (SSSR count). The predicted octanol–water partition coefficient (Wildman–Crippen LogP) is 2.27. The molecule has 2 aromatic rings. The number of amides is 1. The molecule has 0 unspecified atom stereocenters. The average molecular weight is 347 g/mol. The van der Waals surface area contributed by atoms with Gasteiger partial charge in [-0.3, -0.25) is 4.79 Å². The summed E-state index contributed by atoms with van der Waals surface area (Å²) in [4.78, 5) is 16.3. The summed E-state index contributed by atoms with van der Waals surface area (Å²) in [7, 11) is -2.34. The van der Waals surface area contributed by atoms with Crippen LogP contribution in [0.2, 0.25) is 0 Å². The van der Waals surface area contributed by atoms with E-state index in [4.69, 9.17) is 0 Å². The summed E-state index contributed by atoms with van der Waals surface area (Å²) in [6, 6.07) is 8.45. The van der Waals surface area contributed by atoms with Gasteiger partial charge in [0.25, 0.3) is 0 Å². The molecule has 0 radical (unpaired) electrons. The monoisotopic (exact) mass is 347 g/mol. The van der Waals surface area contributed by atoms with Crippen molar-refractivity contribution in [2.45, 2.75) is 25.7 Å². The summed E-state index contributed by atoms with van der Waals surface area (Å²) in [5, 5.41) is 2.60. The number of nitrogens with zero attached hydrogens (tertiary/aromatic N) is 2. The van der Waals surface area contributed by atoms with Gasteiger partial charge in [0.15, 0.2) is 0 Å². The van der Waals surface area contributed by atoms with Crippen LogP contribution in [-0.2, 0) is 14.8 Å². The van der Waals surface area contributed by atoms with Gasteiger partial charge in [-0.15, -0.1) is 0 Å². The van der Waals surface area contributed by atoms with Crippen LogP contribution in [0.25, 0.3) is 0 Å². The zero-order chi connectivity index (χ0) is 17.9. The Morgan fingerprint density at radius 2 is 1.83 bits per heavy atom. The van der Waals surface area contributed by atoms with Crippen molar-refractivity contribution >= 4 is 21.7 Å². The maximum absolute atomic E-state index is 12.6. The number of benzene rings is 1. The Morgan fingerprint density at radius 3 is 2.46 bits per heavy atom. The Bertz CT molecular complexity index is 863. The molecule has 6 nitrogen and oxygen atoms in total. The second kappa shape index (κ2) is 7.11. The van der Waals surface area contributed by atoms with Crippen LogP contribution in [0.4, 0.5) is 5.82 Å². The third-order valence-corrected chi connectivity index (χ3v) is 5.54. The molecular formula is C17H21N3O3S. The number of nitrogens with one attached hydrogen (secondary N) is 1. The van der Waals surface area contributed by atoms with Crippen molar-refractivity contribution in [2.75, 3.05) is 18.9 Å². The van der Waals surface area contributed by atoms with E-state index in [1.54, 1.807) is 30.5 Å². The lowest BCUT2D eigenvalue weighted by atomic mass is 10.1. The van der Waals surface area contributed by atoms with Crippen molar-refractivity contribution in [2.24, 2.45) is 0 Å². The van der Waals surface area contributed by atoms with Crippen LogP contribution in [0, 0.1) is 20.8 Å². The Hall–Kier alpha value is -2.25. The molecular weight excluding hydrogens is 326 g/mol. The first-order chi connectivity index (χ1) is 11.2. The van der Waals surface area contributed by atoms with E-state index in [2.05, 4.69) is 10.3 Å². The third-order valence-electron chi connectivity index (χ3n) is 3.74. The van der Waals surface area contributed by atoms with Crippen molar-refractivity contribution in [3.8, 4) is 0 Å². The quantitative estimate of drug-likeness (QED) is 0.900. The summed E-state index contributed by atoms with van der Waals surface area (Å²) in [5.74, 6) is -0.0417. The van der Waals surface area contributed by atoms with Gasteiger partial charge in [0.2, 0.25) is 15.9 Å². The van der Waals surface area contributed by atoms with Crippen LogP contribution >= 0.6 is 0 Å². The molecule has 7 heteroatoms. The van der Waals surface area contributed by atoms with E-state index >= 15 is 0 Å². The summed E-state index contributed by atoms with van der Waals surface area (Å²) in [5.41, 5.74) is 2.86. The second-order valence-electron chi connectivity index (χ2n) is 5.77. The van der Waals surface area contributed by atoms with Crippen molar-refractivity contribution in [1.29, 1.82) is 0 Å². The molecule has 1 aromatic heterocycles. The maximum Gasteiger partial charge on any atom is 0.243 e. The van der Waals surface area contributed by atoms with E-state index < -0.39 is 15.9 Å². The van der Waals surface area contributed by atoms with Crippen LogP contribution in [0.1, 0.15) is 16.7 Å². The molecule has 24 heavy (non-hydrogen) atoms. The number of sulfonamides is 1. The molecule has 0 fully saturated rings. The van der Waals surface area contributed by atoms with Gasteiger partial charge in [-0.25, -0.2) is 13.4 Å². The number of aryl methyl sites for hydroxylation is 3. The van der Waals surface area contributed by atoms with Gasteiger partial charge >= 0.3 is 0 Å². The Kier molecular flexibility index (Phi) is 5.36. The molecule has 0 saturated heterocycles. The van der Waals surface area contributed by atoms with Gasteiger partial charge in [-0.05, 0) is 61.7 Å². The molecule has 1 aromatic carbocycles. The van der Waals surface area contributed by atoms with E-state index in [0.717, 1.165) is 21.0 Å². The van der Waals surface area contributed by atoms with Gasteiger partial charge in [0.05, 0.1) is 11.4 Å². The molecule has 0 atom stereocenters. The highest BCUT2D eigenvalue weighted by molar-refractivity contribution is 7.89. The van der Waals surface area contributed by atoms with Crippen molar-refractivity contribution in [3.63, 3.8) is 0 Å². The number of likely N-dealkylation sites (N-methyl/N-ethyl adjacent to an activating group) is 1. The van der Waals surface area contributed by atoms with Crippen LogP contribution in [0.5, 0.6) is 0 Å². The molecule has 0 spiro atoms. The molecule has 1 N–H and O–H groups in total. The van der Waals surface area contributed by atoms with E-state index in [1.165, 1.54) is 7.05 Å². The van der Waals surface area contributed by atoms with Crippen molar-refractivity contribution in [3.05, 3.63) is 53.2 Å². The Balaban J connectivity index is 2.11. The summed E-state index contributed by atoms with van der Waals surface area (Å²) in [6.45, 7) is 5.36. The molecule has 1 amide bonds. The van der Waals surface area contributed by atoms with Crippen molar-refractivity contribution in [1.82, 2.24) is 9.29 Å². The molecule has 0 bridgehead atoms. The number of aromatic nitrogens is 1. The number of rotatable bonds is 5. The van der Waals surface area contributed by atoms with Gasteiger partial charge in [0, 0.05) is 13.2 Å². The van der Waals surface area contributed by atoms with Gasteiger partial charge < -0.3 is 5.32 Å². The third kappa shape index (κ3) is 4.18. The van der Waals surface area contributed by atoms with Crippen LogP contribution in [-0.4, -0.2) is 37.2 Å². The molecule has 0 aliphatic heterocycles. The highest BCUT2D eigenvalue weighted by Crippen LogP contribution is 2.18. The fourth-order valence-electron chi connectivity index (χ4n) is 2.13. The number of anilines is 1. The van der Waals surface area contributed by atoms with E-state index in [0.29, 0.717) is 5.82 Å². The van der Waals surface area contributed by atoms with Crippen LogP contribution < -0.4 is 5.32 Å². The zero-order valence-electron chi connectivity index (χ0n) is 14.2. The lowest BCUT2D eigenvalue weighted by Crippen LogP contribution is -2.35. The minimum Gasteiger partial charge on any atom is -0.310 e. The molecule has 0 aliphatic carbocycles. The molecule has 128 valence electrons. The smallest absolute Gasteiger partial charge is 0.243 e. The highest BCUT2D eigenvalue weighted by atomic mass is 32.2. The van der Waals surface area contributed by atoms with Crippen LogP contribution in [0.15, 0.2) is 41.4 Å². The molecule has 0 aliphatic rings. The van der Waals surface area contributed by atoms with Crippen LogP contribution in [0.3, 0.4) is 0 Å². The first-order valence-electron chi connectivity index (χ1n) is 7.46. The number of pyridine rings is 1. The lowest BCUT2D eigenvalue weighted by Gasteiger charge is -2.17. The SMILES string of the molecule is Cc1ccnc(NC(=O)CN(C)S(=O)(=O)c2ccc(C)c(C)c2)c1. The fourth-order valence-corrected chi connectivity index (χ4v) is 3.34. The lowest BCUT2D eigenvalue weighted by molar-refractivity contribution is -0.116. The topological polar surface area (TPSA) is 79.4 Å².